The number of hydrogen-bond donors (Lipinski definition) is 1. The molecular formula is C24H27NO4. The van der Waals surface area contributed by atoms with E-state index in [1.165, 1.54) is 6.92 Å². The van der Waals surface area contributed by atoms with E-state index in [1.807, 2.05) is 61.5 Å². The molecule has 1 amide bonds. The van der Waals surface area contributed by atoms with Crippen molar-refractivity contribution in [1.29, 1.82) is 0 Å². The van der Waals surface area contributed by atoms with Crippen molar-refractivity contribution in [2.75, 3.05) is 6.61 Å². The van der Waals surface area contributed by atoms with Crippen molar-refractivity contribution in [3.05, 3.63) is 77.1 Å². The predicted octanol–water partition coefficient (Wildman–Crippen LogP) is 4.91. The largest absolute Gasteiger partial charge is 0.503 e. The number of unbranched alkanes of at least 4 members (excludes halogenated alkanes) is 1. The molecular weight excluding hydrogens is 366 g/mol. The van der Waals surface area contributed by atoms with Gasteiger partial charge in [-0.3, -0.25) is 9.59 Å². The van der Waals surface area contributed by atoms with Gasteiger partial charge in [-0.25, -0.2) is 0 Å². The number of aliphatic hydroxyl groups excluding tert-OH is 1. The number of ketones is 1. The minimum atomic E-state index is -0.639. The van der Waals surface area contributed by atoms with Crippen LogP contribution in [0.2, 0.25) is 0 Å². The van der Waals surface area contributed by atoms with Crippen LogP contribution in [0.4, 0.5) is 0 Å². The number of aliphatic hydroxyl groups is 1. The molecule has 1 N–H and O–H groups in total. The zero-order valence-electron chi connectivity index (χ0n) is 17.1. The van der Waals surface area contributed by atoms with Crippen LogP contribution in [0.5, 0.6) is 5.75 Å². The third kappa shape index (κ3) is 4.19. The third-order valence-corrected chi connectivity index (χ3v) is 5.28. The molecule has 0 saturated carbocycles. The Morgan fingerprint density at radius 3 is 2.38 bits per heavy atom. The normalized spacial score (nSPS) is 17.6. The summed E-state index contributed by atoms with van der Waals surface area (Å²) in [5, 5.41) is 10.5. The van der Waals surface area contributed by atoms with Crippen LogP contribution in [0.15, 0.2) is 65.9 Å². The van der Waals surface area contributed by atoms with Gasteiger partial charge in [0.2, 0.25) is 0 Å². The molecule has 0 fully saturated rings. The number of nitrogens with zero attached hydrogens (tertiary/aromatic N) is 1. The number of hydrogen-bond acceptors (Lipinski definition) is 4. The molecule has 0 spiro atoms. The van der Waals surface area contributed by atoms with Crippen LogP contribution in [0.3, 0.4) is 0 Å². The maximum atomic E-state index is 12.9. The number of benzene rings is 2. The Bertz CT molecular complexity index is 902. The Morgan fingerprint density at radius 2 is 1.79 bits per heavy atom. The SMILES string of the molecule is CCCCOc1ccc(C2C(C(C)=O)=C(O)C(=O)N2C(C)c2ccccc2)cc1. The van der Waals surface area contributed by atoms with Crippen molar-refractivity contribution < 1.29 is 19.4 Å². The minimum Gasteiger partial charge on any atom is -0.503 e. The van der Waals surface area contributed by atoms with Gasteiger partial charge in [-0.1, -0.05) is 55.8 Å². The lowest BCUT2D eigenvalue weighted by molar-refractivity contribution is -0.131. The van der Waals surface area contributed by atoms with Crippen molar-refractivity contribution in [2.45, 2.75) is 45.7 Å². The van der Waals surface area contributed by atoms with Crippen LogP contribution in [-0.2, 0) is 9.59 Å². The van der Waals surface area contributed by atoms with Crippen molar-refractivity contribution in [2.24, 2.45) is 0 Å². The first-order chi connectivity index (χ1) is 14.0. The maximum Gasteiger partial charge on any atom is 0.290 e. The number of ether oxygens (including phenoxy) is 1. The number of amides is 1. The van der Waals surface area contributed by atoms with E-state index in [0.717, 1.165) is 29.7 Å². The van der Waals surface area contributed by atoms with Gasteiger partial charge in [0.15, 0.2) is 11.5 Å². The third-order valence-electron chi connectivity index (χ3n) is 5.28. The first-order valence-electron chi connectivity index (χ1n) is 10.00. The molecule has 0 bridgehead atoms. The fraction of sp³-hybridized carbons (Fsp3) is 0.333. The lowest BCUT2D eigenvalue weighted by atomic mass is 9.95. The number of rotatable bonds is 8. The maximum absolute atomic E-state index is 12.9. The van der Waals surface area contributed by atoms with E-state index in [-0.39, 0.29) is 17.4 Å². The van der Waals surface area contributed by atoms with Crippen molar-refractivity contribution in [1.82, 2.24) is 4.90 Å². The molecule has 1 aliphatic heterocycles. The first-order valence-corrected chi connectivity index (χ1v) is 10.00. The highest BCUT2D eigenvalue weighted by molar-refractivity contribution is 6.08. The van der Waals surface area contributed by atoms with E-state index in [1.54, 1.807) is 4.90 Å². The second kappa shape index (κ2) is 8.95. The lowest BCUT2D eigenvalue weighted by Gasteiger charge is -2.32. The lowest BCUT2D eigenvalue weighted by Crippen LogP contribution is -2.33. The van der Waals surface area contributed by atoms with Gasteiger partial charge in [-0.2, -0.15) is 0 Å². The van der Waals surface area contributed by atoms with E-state index >= 15 is 0 Å². The van der Waals surface area contributed by atoms with Gasteiger partial charge in [-0.15, -0.1) is 0 Å². The van der Waals surface area contributed by atoms with E-state index in [4.69, 9.17) is 4.74 Å². The fourth-order valence-electron chi connectivity index (χ4n) is 3.68. The second-order valence-corrected chi connectivity index (χ2v) is 7.29. The smallest absolute Gasteiger partial charge is 0.290 e. The first kappa shape index (κ1) is 20.6. The monoisotopic (exact) mass is 393 g/mol. The summed E-state index contributed by atoms with van der Waals surface area (Å²) in [6.45, 7) is 6.03. The number of Topliss-reactive ketones (excluding diaryl/α,β-unsaturated/α-hetero) is 1. The molecule has 2 unspecified atom stereocenters. The average Bonchev–Trinajstić information content (AvgIpc) is 3.00. The molecule has 0 aliphatic carbocycles. The van der Waals surface area contributed by atoms with Crippen LogP contribution in [0.1, 0.15) is 56.8 Å². The highest BCUT2D eigenvalue weighted by atomic mass is 16.5. The zero-order valence-corrected chi connectivity index (χ0v) is 17.1. The van der Waals surface area contributed by atoms with Crippen LogP contribution in [-0.4, -0.2) is 28.3 Å². The average molecular weight is 393 g/mol. The molecule has 152 valence electrons. The molecule has 0 radical (unpaired) electrons. The number of carbonyl (C=O) groups is 2. The van der Waals surface area contributed by atoms with Crippen molar-refractivity contribution in [3.63, 3.8) is 0 Å². The summed E-state index contributed by atoms with van der Waals surface area (Å²) in [4.78, 5) is 26.8. The van der Waals surface area contributed by atoms with E-state index in [0.29, 0.717) is 6.61 Å². The summed E-state index contributed by atoms with van der Waals surface area (Å²) in [5.41, 5.74) is 1.83. The van der Waals surface area contributed by atoms with Gasteiger partial charge >= 0.3 is 0 Å². The van der Waals surface area contributed by atoms with Gasteiger partial charge in [-0.05, 0) is 43.5 Å². The molecule has 1 heterocycles. The molecule has 2 atom stereocenters. The fourth-order valence-corrected chi connectivity index (χ4v) is 3.68. The molecule has 5 nitrogen and oxygen atoms in total. The van der Waals surface area contributed by atoms with Crippen molar-refractivity contribution in [3.8, 4) is 5.75 Å². The quantitative estimate of drug-likeness (QED) is 0.647. The van der Waals surface area contributed by atoms with Gasteiger partial charge in [0.05, 0.1) is 24.3 Å². The molecule has 0 saturated heterocycles. The Kier molecular flexibility index (Phi) is 6.37. The van der Waals surface area contributed by atoms with E-state index < -0.39 is 17.7 Å². The highest BCUT2D eigenvalue weighted by Crippen LogP contribution is 2.43. The summed E-state index contributed by atoms with van der Waals surface area (Å²) in [6.07, 6.45) is 2.03. The predicted molar refractivity (Wildman–Crippen MR) is 112 cm³/mol. The summed E-state index contributed by atoms with van der Waals surface area (Å²) in [6, 6.07) is 16.0. The Morgan fingerprint density at radius 1 is 1.14 bits per heavy atom. The summed E-state index contributed by atoms with van der Waals surface area (Å²) < 4.78 is 5.72. The summed E-state index contributed by atoms with van der Waals surface area (Å²) in [7, 11) is 0. The van der Waals surface area contributed by atoms with Crippen molar-refractivity contribution >= 4 is 11.7 Å². The molecule has 0 aromatic heterocycles. The van der Waals surface area contributed by atoms with Crippen LogP contribution >= 0.6 is 0 Å². The van der Waals surface area contributed by atoms with Gasteiger partial charge in [0.1, 0.15) is 5.75 Å². The van der Waals surface area contributed by atoms with Gasteiger partial charge in [0.25, 0.3) is 5.91 Å². The van der Waals surface area contributed by atoms with Gasteiger partial charge in [0, 0.05) is 0 Å². The Hall–Kier alpha value is -3.08. The molecule has 1 aliphatic rings. The standard InChI is InChI=1S/C24H27NO4/c1-4-5-15-29-20-13-11-19(12-14-20)22-21(17(3)26)23(27)24(28)25(22)16(2)18-9-7-6-8-10-18/h6-14,16,22,27H,4-5,15H2,1-3H3. The second-order valence-electron chi connectivity index (χ2n) is 7.29. The number of carbonyl (C=O) groups excluding carboxylic acids is 2. The van der Waals surface area contributed by atoms with E-state index in [9.17, 15) is 14.7 Å². The highest BCUT2D eigenvalue weighted by Gasteiger charge is 2.44. The molecule has 29 heavy (non-hydrogen) atoms. The topological polar surface area (TPSA) is 66.8 Å². The summed E-state index contributed by atoms with van der Waals surface area (Å²) in [5.74, 6) is -0.563. The molecule has 3 rings (SSSR count). The summed E-state index contributed by atoms with van der Waals surface area (Å²) >= 11 is 0. The van der Waals surface area contributed by atoms with E-state index in [2.05, 4.69) is 6.92 Å². The van der Waals surface area contributed by atoms with Crippen LogP contribution in [0, 0.1) is 0 Å². The molecule has 5 heteroatoms. The molecule has 2 aromatic carbocycles. The van der Waals surface area contributed by atoms with Crippen LogP contribution in [0.25, 0.3) is 0 Å². The Balaban J connectivity index is 1.96. The van der Waals surface area contributed by atoms with Gasteiger partial charge < -0.3 is 14.7 Å². The zero-order chi connectivity index (χ0) is 21.0. The Labute approximate surface area is 171 Å². The van der Waals surface area contributed by atoms with Crippen LogP contribution < -0.4 is 4.74 Å². The molecule has 2 aromatic rings. The minimum absolute atomic E-state index is 0.137.